The van der Waals surface area contributed by atoms with Gasteiger partial charge in [-0.1, -0.05) is 6.58 Å². The Morgan fingerprint density at radius 1 is 1.47 bits per heavy atom. The third-order valence-electron chi connectivity index (χ3n) is 2.03. The molecule has 0 saturated heterocycles. The summed E-state index contributed by atoms with van der Waals surface area (Å²) in [6.07, 6.45) is 5.33. The predicted octanol–water partition coefficient (Wildman–Crippen LogP) is 1.63. The Hall–Kier alpha value is -2.30. The molecule has 1 unspecified atom stereocenters. The molecule has 0 bridgehead atoms. The van der Waals surface area contributed by atoms with E-state index in [-0.39, 0.29) is 12.2 Å². The molecular weight excluding hydrogens is 220 g/mol. The quantitative estimate of drug-likeness (QED) is 0.597. The van der Waals surface area contributed by atoms with Gasteiger partial charge in [-0.15, -0.1) is 0 Å². The summed E-state index contributed by atoms with van der Waals surface area (Å²) in [5.74, 6) is -2.34. The number of aromatic nitrogens is 1. The Morgan fingerprint density at radius 3 is 2.65 bits per heavy atom. The van der Waals surface area contributed by atoms with Crippen molar-refractivity contribution in [3.63, 3.8) is 0 Å². The van der Waals surface area contributed by atoms with Gasteiger partial charge in [-0.25, -0.2) is 0 Å². The molecule has 0 aliphatic heterocycles. The third-order valence-corrected chi connectivity index (χ3v) is 2.03. The van der Waals surface area contributed by atoms with E-state index in [1.165, 1.54) is 6.21 Å². The van der Waals surface area contributed by atoms with Crippen molar-refractivity contribution in [3.8, 4) is 0 Å². The first-order chi connectivity index (χ1) is 8.13. The van der Waals surface area contributed by atoms with Crippen molar-refractivity contribution in [2.45, 2.75) is 6.42 Å². The lowest BCUT2D eigenvalue weighted by molar-refractivity contribution is -0.140. The van der Waals surface area contributed by atoms with Crippen molar-refractivity contribution in [2.75, 3.05) is 0 Å². The summed E-state index contributed by atoms with van der Waals surface area (Å²) in [5.41, 5.74) is 0.595. The second-order valence-corrected chi connectivity index (χ2v) is 3.30. The number of hydrogen-bond donors (Lipinski definition) is 1. The standard InChI is InChI=1S/C12H12N2O3/c1-2-11(15)7-9(12(16)17)8-14-10-3-5-13-6-4-10/h2-6,8-9H,1,7H2,(H,16,17). The third kappa shape index (κ3) is 4.38. The van der Waals surface area contributed by atoms with Crippen LogP contribution in [0.2, 0.25) is 0 Å². The number of aliphatic carboxylic acids is 1. The fourth-order valence-corrected chi connectivity index (χ4v) is 1.11. The molecule has 0 saturated carbocycles. The minimum atomic E-state index is -1.09. The highest BCUT2D eigenvalue weighted by Crippen LogP contribution is 2.10. The number of carboxylic acids is 1. The van der Waals surface area contributed by atoms with E-state index in [2.05, 4.69) is 16.6 Å². The predicted molar refractivity (Wildman–Crippen MR) is 63.3 cm³/mol. The number of carboxylic acid groups (broad SMARTS) is 1. The van der Waals surface area contributed by atoms with Crippen molar-refractivity contribution in [1.82, 2.24) is 4.98 Å². The molecule has 0 aliphatic rings. The van der Waals surface area contributed by atoms with Crippen molar-refractivity contribution in [3.05, 3.63) is 37.2 Å². The Bertz CT molecular complexity index is 440. The molecule has 0 amide bonds. The van der Waals surface area contributed by atoms with E-state index < -0.39 is 11.9 Å². The van der Waals surface area contributed by atoms with Gasteiger partial charge in [0.1, 0.15) is 0 Å². The van der Waals surface area contributed by atoms with Crippen molar-refractivity contribution >= 4 is 23.7 Å². The fourth-order valence-electron chi connectivity index (χ4n) is 1.11. The van der Waals surface area contributed by atoms with Gasteiger partial charge in [-0.05, 0) is 18.2 Å². The molecule has 1 N–H and O–H groups in total. The molecule has 1 aromatic rings. The summed E-state index contributed by atoms with van der Waals surface area (Å²) in [5, 5.41) is 8.91. The molecule has 0 aromatic carbocycles. The summed E-state index contributed by atoms with van der Waals surface area (Å²) in [7, 11) is 0. The normalized spacial score (nSPS) is 12.2. The SMILES string of the molecule is C=CC(=O)CC(C=Nc1ccncc1)C(=O)O. The summed E-state index contributed by atoms with van der Waals surface area (Å²) in [6.45, 7) is 3.30. The van der Waals surface area contributed by atoms with E-state index in [1.807, 2.05) is 0 Å². The van der Waals surface area contributed by atoms with Gasteiger partial charge in [-0.3, -0.25) is 19.6 Å². The number of pyridine rings is 1. The molecule has 17 heavy (non-hydrogen) atoms. The zero-order chi connectivity index (χ0) is 12.7. The number of allylic oxidation sites excluding steroid dienone is 1. The number of carbonyl (C=O) groups is 2. The minimum absolute atomic E-state index is 0.132. The lowest BCUT2D eigenvalue weighted by Crippen LogP contribution is -2.18. The van der Waals surface area contributed by atoms with E-state index in [0.29, 0.717) is 5.69 Å². The summed E-state index contributed by atoms with van der Waals surface area (Å²) in [6, 6.07) is 3.29. The first-order valence-corrected chi connectivity index (χ1v) is 4.95. The topological polar surface area (TPSA) is 79.6 Å². The van der Waals surface area contributed by atoms with Gasteiger partial charge in [0.2, 0.25) is 0 Å². The number of carbonyl (C=O) groups excluding carboxylic acids is 1. The Balaban J connectivity index is 2.73. The summed E-state index contributed by atoms with van der Waals surface area (Å²) in [4.78, 5) is 29.8. The van der Waals surface area contributed by atoms with Crippen molar-refractivity contribution in [1.29, 1.82) is 0 Å². The molecule has 0 fully saturated rings. The smallest absolute Gasteiger partial charge is 0.312 e. The minimum Gasteiger partial charge on any atom is -0.481 e. The van der Waals surface area contributed by atoms with Crippen LogP contribution in [0.15, 0.2) is 42.2 Å². The monoisotopic (exact) mass is 232 g/mol. The highest BCUT2D eigenvalue weighted by atomic mass is 16.4. The second kappa shape index (κ2) is 6.32. The van der Waals surface area contributed by atoms with E-state index in [9.17, 15) is 9.59 Å². The maximum absolute atomic E-state index is 11.1. The average Bonchev–Trinajstić information content (AvgIpc) is 2.35. The largest absolute Gasteiger partial charge is 0.481 e. The van der Waals surface area contributed by atoms with Crippen LogP contribution in [0.4, 0.5) is 5.69 Å². The highest BCUT2D eigenvalue weighted by molar-refractivity contribution is 5.98. The number of ketones is 1. The van der Waals surface area contributed by atoms with E-state index >= 15 is 0 Å². The van der Waals surface area contributed by atoms with Crippen LogP contribution < -0.4 is 0 Å². The van der Waals surface area contributed by atoms with Crippen molar-refractivity contribution in [2.24, 2.45) is 10.9 Å². The highest BCUT2D eigenvalue weighted by Gasteiger charge is 2.17. The van der Waals surface area contributed by atoms with Crippen LogP contribution in [-0.2, 0) is 9.59 Å². The van der Waals surface area contributed by atoms with Gasteiger partial charge >= 0.3 is 5.97 Å². The Kier molecular flexibility index (Phi) is 4.75. The summed E-state index contributed by atoms with van der Waals surface area (Å²) >= 11 is 0. The molecule has 1 aromatic heterocycles. The Labute approximate surface area is 98.5 Å². The molecule has 5 nitrogen and oxygen atoms in total. The fraction of sp³-hybridized carbons (Fsp3) is 0.167. The molecule has 88 valence electrons. The molecule has 1 atom stereocenters. The number of hydrogen-bond acceptors (Lipinski definition) is 4. The molecule has 0 aliphatic carbocycles. The molecule has 0 radical (unpaired) electrons. The summed E-state index contributed by atoms with van der Waals surface area (Å²) < 4.78 is 0. The van der Waals surface area contributed by atoms with Gasteiger partial charge in [-0.2, -0.15) is 0 Å². The number of nitrogens with zero attached hydrogens (tertiary/aromatic N) is 2. The van der Waals surface area contributed by atoms with E-state index in [1.54, 1.807) is 24.5 Å². The molecule has 1 rings (SSSR count). The van der Waals surface area contributed by atoms with Crippen molar-refractivity contribution < 1.29 is 14.7 Å². The first kappa shape index (κ1) is 12.8. The lowest BCUT2D eigenvalue weighted by atomic mass is 10.0. The first-order valence-electron chi connectivity index (χ1n) is 4.95. The van der Waals surface area contributed by atoms with Gasteiger partial charge in [0, 0.05) is 25.0 Å². The molecule has 1 heterocycles. The molecule has 5 heteroatoms. The molecular formula is C12H12N2O3. The van der Waals surface area contributed by atoms with Gasteiger partial charge in [0.25, 0.3) is 0 Å². The second-order valence-electron chi connectivity index (χ2n) is 3.30. The van der Waals surface area contributed by atoms with Crippen LogP contribution >= 0.6 is 0 Å². The van der Waals surface area contributed by atoms with Crippen LogP contribution in [0.1, 0.15) is 6.42 Å². The lowest BCUT2D eigenvalue weighted by Gasteiger charge is -2.03. The maximum atomic E-state index is 11.1. The number of aliphatic imine (C=N–C) groups is 1. The van der Waals surface area contributed by atoms with E-state index in [0.717, 1.165) is 6.08 Å². The van der Waals surface area contributed by atoms with Crippen LogP contribution in [0.25, 0.3) is 0 Å². The van der Waals surface area contributed by atoms with Crippen LogP contribution in [0, 0.1) is 5.92 Å². The van der Waals surface area contributed by atoms with E-state index in [4.69, 9.17) is 5.11 Å². The van der Waals surface area contributed by atoms with Gasteiger partial charge in [0.15, 0.2) is 5.78 Å². The molecule has 0 spiro atoms. The van der Waals surface area contributed by atoms with Gasteiger partial charge < -0.3 is 5.11 Å². The maximum Gasteiger partial charge on any atom is 0.312 e. The van der Waals surface area contributed by atoms with Crippen LogP contribution in [0.5, 0.6) is 0 Å². The zero-order valence-corrected chi connectivity index (χ0v) is 9.11. The van der Waals surface area contributed by atoms with Crippen LogP contribution in [-0.4, -0.2) is 28.1 Å². The number of rotatable bonds is 6. The Morgan fingerprint density at radius 2 is 2.12 bits per heavy atom. The zero-order valence-electron chi connectivity index (χ0n) is 9.11. The van der Waals surface area contributed by atoms with Crippen LogP contribution in [0.3, 0.4) is 0 Å². The van der Waals surface area contributed by atoms with Gasteiger partial charge in [0.05, 0.1) is 11.6 Å². The average molecular weight is 232 g/mol.